The summed E-state index contributed by atoms with van der Waals surface area (Å²) in [5, 5.41) is 0. The second kappa shape index (κ2) is 8.14. The summed E-state index contributed by atoms with van der Waals surface area (Å²) < 4.78 is 5.16. The fraction of sp³-hybridized carbons (Fsp3) is 0.941. The molecule has 4 nitrogen and oxygen atoms in total. The molecule has 3 unspecified atom stereocenters. The number of hydrogen-bond acceptors (Lipinski definition) is 4. The summed E-state index contributed by atoms with van der Waals surface area (Å²) in [6, 6.07) is 0.636. The summed E-state index contributed by atoms with van der Waals surface area (Å²) >= 11 is 0. The third-order valence-electron chi connectivity index (χ3n) is 5.56. The number of carbonyl (C=O) groups is 1. The van der Waals surface area contributed by atoms with E-state index in [4.69, 9.17) is 10.5 Å². The molecule has 2 fully saturated rings. The van der Waals surface area contributed by atoms with E-state index in [1.807, 2.05) is 6.92 Å². The zero-order chi connectivity index (χ0) is 15.2. The summed E-state index contributed by atoms with van der Waals surface area (Å²) in [7, 11) is 0. The van der Waals surface area contributed by atoms with Crippen LogP contribution in [0.4, 0.5) is 0 Å². The normalized spacial score (nSPS) is 32.0. The largest absolute Gasteiger partial charge is 0.466 e. The van der Waals surface area contributed by atoms with Gasteiger partial charge in [0.2, 0.25) is 0 Å². The second-order valence-corrected chi connectivity index (χ2v) is 6.71. The molecule has 1 aliphatic heterocycles. The number of nitrogens with two attached hydrogens (primary N) is 1. The minimum absolute atomic E-state index is 0.00241. The monoisotopic (exact) mass is 296 g/mol. The molecule has 2 N–H and O–H groups in total. The van der Waals surface area contributed by atoms with Crippen molar-refractivity contribution in [2.45, 2.75) is 58.4 Å². The van der Waals surface area contributed by atoms with Gasteiger partial charge in [0.1, 0.15) is 0 Å². The van der Waals surface area contributed by atoms with Crippen LogP contribution in [0, 0.1) is 17.8 Å². The number of piperidine rings is 1. The highest BCUT2D eigenvalue weighted by Gasteiger charge is 2.36. The first-order valence-electron chi connectivity index (χ1n) is 8.80. The molecule has 21 heavy (non-hydrogen) atoms. The van der Waals surface area contributed by atoms with Gasteiger partial charge in [0.05, 0.1) is 12.5 Å². The van der Waals surface area contributed by atoms with Crippen molar-refractivity contribution in [3.63, 3.8) is 0 Å². The molecule has 0 aromatic carbocycles. The lowest BCUT2D eigenvalue weighted by molar-refractivity contribution is -0.150. The Hall–Kier alpha value is -0.610. The summed E-state index contributed by atoms with van der Waals surface area (Å²) in [5.74, 6) is 1.62. The quantitative estimate of drug-likeness (QED) is 0.792. The summed E-state index contributed by atoms with van der Waals surface area (Å²) in [5.41, 5.74) is 6.00. The van der Waals surface area contributed by atoms with E-state index in [2.05, 4.69) is 11.8 Å². The van der Waals surface area contributed by atoms with Crippen LogP contribution < -0.4 is 5.73 Å². The molecule has 1 aliphatic carbocycles. The van der Waals surface area contributed by atoms with Crippen molar-refractivity contribution in [2.24, 2.45) is 23.5 Å². The highest BCUT2D eigenvalue weighted by molar-refractivity contribution is 5.72. The van der Waals surface area contributed by atoms with Gasteiger partial charge < -0.3 is 15.4 Å². The standard InChI is InChI=1S/C17H32N2O2/c1-3-13-5-6-15(12-18)16(11-13)19-9-7-14(8-10-19)17(20)21-4-2/h13-16H,3-12,18H2,1-2H3. The maximum Gasteiger partial charge on any atom is 0.309 e. The Morgan fingerprint density at radius 3 is 2.48 bits per heavy atom. The topological polar surface area (TPSA) is 55.6 Å². The number of carbonyl (C=O) groups excluding carboxylic acids is 1. The summed E-state index contributed by atoms with van der Waals surface area (Å²) in [4.78, 5) is 14.4. The molecule has 0 bridgehead atoms. The van der Waals surface area contributed by atoms with Gasteiger partial charge in [0, 0.05) is 6.04 Å². The van der Waals surface area contributed by atoms with Gasteiger partial charge in [-0.2, -0.15) is 0 Å². The van der Waals surface area contributed by atoms with E-state index in [1.165, 1.54) is 25.7 Å². The van der Waals surface area contributed by atoms with Crippen molar-refractivity contribution >= 4 is 5.97 Å². The van der Waals surface area contributed by atoms with Crippen LogP contribution in [0.2, 0.25) is 0 Å². The van der Waals surface area contributed by atoms with Crippen LogP contribution in [-0.4, -0.2) is 43.2 Å². The van der Waals surface area contributed by atoms with E-state index >= 15 is 0 Å². The van der Waals surface area contributed by atoms with Gasteiger partial charge in [-0.3, -0.25) is 4.79 Å². The maximum atomic E-state index is 11.8. The Balaban J connectivity index is 1.88. The van der Waals surface area contributed by atoms with E-state index in [0.717, 1.165) is 38.4 Å². The molecule has 1 saturated carbocycles. The second-order valence-electron chi connectivity index (χ2n) is 6.71. The number of likely N-dealkylation sites (tertiary alicyclic amines) is 1. The predicted octanol–water partition coefficient (Wildman–Crippen LogP) is 2.42. The van der Waals surface area contributed by atoms with Crippen molar-refractivity contribution in [1.29, 1.82) is 0 Å². The van der Waals surface area contributed by atoms with Crippen molar-refractivity contribution in [1.82, 2.24) is 4.90 Å². The Morgan fingerprint density at radius 2 is 1.90 bits per heavy atom. The lowest BCUT2D eigenvalue weighted by Gasteiger charge is -2.44. The number of esters is 1. The third-order valence-corrected chi connectivity index (χ3v) is 5.56. The first-order chi connectivity index (χ1) is 10.2. The molecule has 0 radical (unpaired) electrons. The van der Waals surface area contributed by atoms with Crippen LogP contribution in [0.15, 0.2) is 0 Å². The van der Waals surface area contributed by atoms with Crippen molar-refractivity contribution in [2.75, 3.05) is 26.2 Å². The number of hydrogen-bond donors (Lipinski definition) is 1. The predicted molar refractivity (Wildman–Crippen MR) is 84.9 cm³/mol. The van der Waals surface area contributed by atoms with Gasteiger partial charge >= 0.3 is 5.97 Å². The number of rotatable bonds is 5. The summed E-state index contributed by atoms with van der Waals surface area (Å²) in [6.07, 6.45) is 7.09. The van der Waals surface area contributed by atoms with Crippen LogP contribution in [0.3, 0.4) is 0 Å². The highest BCUT2D eigenvalue weighted by atomic mass is 16.5. The van der Waals surface area contributed by atoms with Gasteiger partial charge in [0.15, 0.2) is 0 Å². The molecule has 2 aliphatic rings. The Bertz CT molecular complexity index is 327. The maximum absolute atomic E-state index is 11.8. The number of ether oxygens (including phenoxy) is 1. The highest BCUT2D eigenvalue weighted by Crippen LogP contribution is 2.35. The molecular formula is C17H32N2O2. The molecule has 4 heteroatoms. The van der Waals surface area contributed by atoms with E-state index in [9.17, 15) is 4.79 Å². The Labute approximate surface area is 129 Å². The SMILES string of the molecule is CCOC(=O)C1CCN(C2CC(CC)CCC2CN)CC1. The first-order valence-corrected chi connectivity index (χ1v) is 8.80. The first kappa shape index (κ1) is 16.8. The smallest absolute Gasteiger partial charge is 0.309 e. The molecule has 1 heterocycles. The lowest BCUT2D eigenvalue weighted by Crippen LogP contribution is -2.50. The molecule has 122 valence electrons. The molecular weight excluding hydrogens is 264 g/mol. The molecule has 3 atom stereocenters. The minimum Gasteiger partial charge on any atom is -0.466 e. The Kier molecular flexibility index (Phi) is 6.49. The molecule has 0 aromatic heterocycles. The Morgan fingerprint density at radius 1 is 1.19 bits per heavy atom. The van der Waals surface area contributed by atoms with Gasteiger partial charge in [-0.15, -0.1) is 0 Å². The summed E-state index contributed by atoms with van der Waals surface area (Å²) in [6.45, 7) is 7.54. The molecule has 0 amide bonds. The van der Waals surface area contributed by atoms with Crippen molar-refractivity contribution in [3.05, 3.63) is 0 Å². The van der Waals surface area contributed by atoms with Crippen LogP contribution in [0.25, 0.3) is 0 Å². The van der Waals surface area contributed by atoms with Crippen LogP contribution in [-0.2, 0) is 9.53 Å². The van der Waals surface area contributed by atoms with E-state index < -0.39 is 0 Å². The van der Waals surface area contributed by atoms with Crippen molar-refractivity contribution in [3.8, 4) is 0 Å². The average Bonchev–Trinajstić information content (AvgIpc) is 2.54. The molecule has 0 aromatic rings. The van der Waals surface area contributed by atoms with Gasteiger partial charge in [0.25, 0.3) is 0 Å². The van der Waals surface area contributed by atoms with E-state index in [1.54, 1.807) is 0 Å². The van der Waals surface area contributed by atoms with Crippen LogP contribution in [0.5, 0.6) is 0 Å². The van der Waals surface area contributed by atoms with Crippen LogP contribution in [0.1, 0.15) is 52.4 Å². The van der Waals surface area contributed by atoms with Crippen LogP contribution >= 0.6 is 0 Å². The fourth-order valence-electron chi connectivity index (χ4n) is 4.11. The van der Waals surface area contributed by atoms with E-state index in [-0.39, 0.29) is 11.9 Å². The van der Waals surface area contributed by atoms with Gasteiger partial charge in [-0.25, -0.2) is 0 Å². The van der Waals surface area contributed by atoms with Gasteiger partial charge in [-0.1, -0.05) is 19.8 Å². The average molecular weight is 296 g/mol. The van der Waals surface area contributed by atoms with Gasteiger partial charge in [-0.05, 0) is 64.1 Å². The molecule has 1 saturated heterocycles. The van der Waals surface area contributed by atoms with Crippen molar-refractivity contribution < 1.29 is 9.53 Å². The third kappa shape index (κ3) is 4.19. The van der Waals surface area contributed by atoms with E-state index in [0.29, 0.717) is 18.6 Å². The minimum atomic E-state index is 0.00241. The zero-order valence-corrected chi connectivity index (χ0v) is 13.7. The molecule has 0 spiro atoms. The fourth-order valence-corrected chi connectivity index (χ4v) is 4.11. The zero-order valence-electron chi connectivity index (χ0n) is 13.7. The number of nitrogens with zero attached hydrogens (tertiary/aromatic N) is 1. The lowest BCUT2D eigenvalue weighted by atomic mass is 9.76. The molecule has 2 rings (SSSR count).